The number of piperazine rings is 1. The molecule has 7 heteroatoms. The fourth-order valence-corrected chi connectivity index (χ4v) is 3.44. The van der Waals surface area contributed by atoms with Gasteiger partial charge in [-0.1, -0.05) is 18.2 Å². The van der Waals surface area contributed by atoms with Crippen molar-refractivity contribution in [2.24, 2.45) is 0 Å². The number of amides is 2. The van der Waals surface area contributed by atoms with Gasteiger partial charge in [-0.3, -0.25) is 9.80 Å². The van der Waals surface area contributed by atoms with Gasteiger partial charge in [0.2, 0.25) is 0 Å². The van der Waals surface area contributed by atoms with E-state index < -0.39 is 0 Å². The number of nitrogens with zero attached hydrogens (tertiary/aromatic N) is 3. The minimum atomic E-state index is 0.0511. The maximum Gasteiger partial charge on any atom is 0.317 e. The zero-order valence-electron chi connectivity index (χ0n) is 15.7. The summed E-state index contributed by atoms with van der Waals surface area (Å²) in [4.78, 5) is 19.0. The smallest absolute Gasteiger partial charge is 0.317 e. The lowest BCUT2D eigenvalue weighted by Gasteiger charge is -2.35. The van der Waals surface area contributed by atoms with Crippen molar-refractivity contribution >= 4 is 6.03 Å². The molecule has 2 aliphatic heterocycles. The highest BCUT2D eigenvalue weighted by molar-refractivity contribution is 5.74. The minimum absolute atomic E-state index is 0.0511. The first-order chi connectivity index (χ1) is 12.8. The Morgan fingerprint density at radius 2 is 1.81 bits per heavy atom. The number of nitrogens with one attached hydrogen (secondary N) is 1. The first-order valence-corrected chi connectivity index (χ1v) is 9.43. The van der Waals surface area contributed by atoms with Crippen LogP contribution in [-0.4, -0.2) is 93.4 Å². The summed E-state index contributed by atoms with van der Waals surface area (Å²) < 4.78 is 10.8. The van der Waals surface area contributed by atoms with E-state index in [2.05, 4.69) is 21.2 Å². The quantitative estimate of drug-likeness (QED) is 0.813. The van der Waals surface area contributed by atoms with Gasteiger partial charge in [0, 0.05) is 64.5 Å². The lowest BCUT2D eigenvalue weighted by atomic mass is 10.1. The summed E-state index contributed by atoms with van der Waals surface area (Å²) in [5.74, 6) is 0.927. The molecule has 0 spiro atoms. The van der Waals surface area contributed by atoms with Gasteiger partial charge in [0.1, 0.15) is 5.75 Å². The molecule has 0 bridgehead atoms. The van der Waals surface area contributed by atoms with Gasteiger partial charge in [0.25, 0.3) is 0 Å². The van der Waals surface area contributed by atoms with Gasteiger partial charge < -0.3 is 19.7 Å². The molecule has 1 N–H and O–H groups in total. The molecule has 0 aliphatic carbocycles. The number of carbonyl (C=O) groups is 1. The number of rotatable bonds is 6. The predicted octanol–water partition coefficient (Wildman–Crippen LogP) is 0.855. The molecule has 0 aromatic heterocycles. The van der Waals surface area contributed by atoms with Crippen LogP contribution in [0.25, 0.3) is 0 Å². The van der Waals surface area contributed by atoms with Gasteiger partial charge in [-0.2, -0.15) is 0 Å². The van der Waals surface area contributed by atoms with Crippen LogP contribution < -0.4 is 10.1 Å². The molecule has 144 valence electrons. The molecule has 7 nitrogen and oxygen atoms in total. The van der Waals surface area contributed by atoms with Crippen LogP contribution in [0.4, 0.5) is 4.79 Å². The summed E-state index contributed by atoms with van der Waals surface area (Å²) in [6.07, 6.45) is 0. The number of hydrogen-bond donors (Lipinski definition) is 1. The van der Waals surface area contributed by atoms with E-state index in [0.29, 0.717) is 6.54 Å². The van der Waals surface area contributed by atoms with Gasteiger partial charge in [-0.05, 0) is 6.07 Å². The number of methoxy groups -OCH3 is 1. The molecule has 2 amide bonds. The summed E-state index contributed by atoms with van der Waals surface area (Å²) in [6.45, 7) is 9.24. The molecule has 0 radical (unpaired) electrons. The van der Waals surface area contributed by atoms with Crippen LogP contribution in [0, 0.1) is 0 Å². The van der Waals surface area contributed by atoms with Crippen LogP contribution in [0.15, 0.2) is 24.3 Å². The number of benzene rings is 1. The van der Waals surface area contributed by atoms with Gasteiger partial charge in [-0.25, -0.2) is 4.79 Å². The summed E-state index contributed by atoms with van der Waals surface area (Å²) in [6, 6.07) is 8.17. The van der Waals surface area contributed by atoms with Crippen molar-refractivity contribution in [3.05, 3.63) is 29.8 Å². The van der Waals surface area contributed by atoms with E-state index in [1.807, 2.05) is 23.1 Å². The molecule has 1 aromatic rings. The normalized spacial score (nSPS) is 19.3. The summed E-state index contributed by atoms with van der Waals surface area (Å²) >= 11 is 0. The number of morpholine rings is 1. The highest BCUT2D eigenvalue weighted by Crippen LogP contribution is 2.19. The maximum atomic E-state index is 12.3. The third-order valence-corrected chi connectivity index (χ3v) is 5.05. The molecule has 3 rings (SSSR count). The van der Waals surface area contributed by atoms with E-state index in [9.17, 15) is 4.79 Å². The third-order valence-electron chi connectivity index (χ3n) is 5.05. The average molecular weight is 362 g/mol. The number of ether oxygens (including phenoxy) is 2. The van der Waals surface area contributed by atoms with Crippen molar-refractivity contribution in [1.29, 1.82) is 0 Å². The first kappa shape index (κ1) is 18.9. The second kappa shape index (κ2) is 9.75. The van der Waals surface area contributed by atoms with Gasteiger partial charge in [0.05, 0.1) is 20.3 Å². The largest absolute Gasteiger partial charge is 0.496 e. The number of para-hydroxylation sites is 1. The molecule has 0 atom stereocenters. The van der Waals surface area contributed by atoms with Crippen molar-refractivity contribution < 1.29 is 14.3 Å². The Balaban J connectivity index is 1.36. The molecule has 2 fully saturated rings. The Hall–Kier alpha value is -1.83. The lowest BCUT2D eigenvalue weighted by Crippen LogP contribution is -2.52. The zero-order chi connectivity index (χ0) is 18.2. The topological polar surface area (TPSA) is 57.3 Å². The van der Waals surface area contributed by atoms with Crippen LogP contribution in [-0.2, 0) is 11.3 Å². The zero-order valence-corrected chi connectivity index (χ0v) is 15.7. The third kappa shape index (κ3) is 5.33. The minimum Gasteiger partial charge on any atom is -0.496 e. The SMILES string of the molecule is COc1ccccc1CN1CCN(C(=O)NCCN2CCOCC2)CC1. The highest BCUT2D eigenvalue weighted by atomic mass is 16.5. The molecular formula is C19H30N4O3. The summed E-state index contributed by atoms with van der Waals surface area (Å²) in [5, 5.41) is 3.05. The lowest BCUT2D eigenvalue weighted by molar-refractivity contribution is 0.0385. The van der Waals surface area contributed by atoms with Crippen molar-refractivity contribution in [1.82, 2.24) is 20.0 Å². The number of hydrogen-bond acceptors (Lipinski definition) is 5. The van der Waals surface area contributed by atoms with Crippen LogP contribution in [0.1, 0.15) is 5.56 Å². The second-order valence-electron chi connectivity index (χ2n) is 6.76. The van der Waals surface area contributed by atoms with Gasteiger partial charge in [0.15, 0.2) is 0 Å². The van der Waals surface area contributed by atoms with Crippen molar-refractivity contribution in [3.8, 4) is 5.75 Å². The Kier molecular flexibility index (Phi) is 7.11. The van der Waals surface area contributed by atoms with E-state index in [4.69, 9.17) is 9.47 Å². The standard InChI is InChI=1S/C19H30N4O3/c1-25-18-5-3-2-4-17(18)16-22-8-10-23(11-9-22)19(24)20-6-7-21-12-14-26-15-13-21/h2-5H,6-16H2,1H3,(H,20,24). The number of carbonyl (C=O) groups excluding carboxylic acids is 1. The van der Waals surface area contributed by atoms with Crippen LogP contribution in [0.2, 0.25) is 0 Å². The van der Waals surface area contributed by atoms with Crippen LogP contribution >= 0.6 is 0 Å². The Morgan fingerprint density at radius 1 is 1.08 bits per heavy atom. The second-order valence-corrected chi connectivity index (χ2v) is 6.76. The molecule has 26 heavy (non-hydrogen) atoms. The van der Waals surface area contributed by atoms with E-state index in [1.165, 1.54) is 5.56 Å². The summed E-state index contributed by atoms with van der Waals surface area (Å²) in [7, 11) is 1.71. The molecule has 2 saturated heterocycles. The Labute approximate surface area is 155 Å². The maximum absolute atomic E-state index is 12.3. The Morgan fingerprint density at radius 3 is 2.54 bits per heavy atom. The molecular weight excluding hydrogens is 332 g/mol. The van der Waals surface area contributed by atoms with Crippen molar-refractivity contribution in [2.75, 3.05) is 72.7 Å². The van der Waals surface area contributed by atoms with Gasteiger partial charge in [-0.15, -0.1) is 0 Å². The van der Waals surface area contributed by atoms with E-state index in [0.717, 1.165) is 71.3 Å². The molecule has 1 aromatic carbocycles. The molecule has 2 aliphatic rings. The molecule has 2 heterocycles. The van der Waals surface area contributed by atoms with Crippen molar-refractivity contribution in [3.63, 3.8) is 0 Å². The Bertz CT molecular complexity index is 570. The van der Waals surface area contributed by atoms with E-state index in [1.54, 1.807) is 7.11 Å². The first-order valence-electron chi connectivity index (χ1n) is 9.43. The predicted molar refractivity (Wildman–Crippen MR) is 101 cm³/mol. The van der Waals surface area contributed by atoms with Crippen LogP contribution in [0.5, 0.6) is 5.75 Å². The fourth-order valence-electron chi connectivity index (χ4n) is 3.44. The molecule has 0 saturated carbocycles. The monoisotopic (exact) mass is 362 g/mol. The highest BCUT2D eigenvalue weighted by Gasteiger charge is 2.21. The fraction of sp³-hybridized carbons (Fsp3) is 0.632. The molecule has 0 unspecified atom stereocenters. The van der Waals surface area contributed by atoms with Gasteiger partial charge >= 0.3 is 6.03 Å². The summed E-state index contributed by atoms with van der Waals surface area (Å²) in [5.41, 5.74) is 1.19. The van der Waals surface area contributed by atoms with E-state index >= 15 is 0 Å². The van der Waals surface area contributed by atoms with Crippen LogP contribution in [0.3, 0.4) is 0 Å². The number of urea groups is 1. The average Bonchev–Trinajstić information content (AvgIpc) is 2.70. The van der Waals surface area contributed by atoms with Crippen molar-refractivity contribution in [2.45, 2.75) is 6.54 Å². The van der Waals surface area contributed by atoms with E-state index in [-0.39, 0.29) is 6.03 Å².